The van der Waals surface area contributed by atoms with Crippen LogP contribution in [0, 0.1) is 5.92 Å². The number of anilines is 1. The summed E-state index contributed by atoms with van der Waals surface area (Å²) in [6, 6.07) is 18.0. The monoisotopic (exact) mass is 463 g/mol. The van der Waals surface area contributed by atoms with Gasteiger partial charge in [-0.2, -0.15) is 0 Å². The highest BCUT2D eigenvalue weighted by Crippen LogP contribution is 2.55. The highest BCUT2D eigenvalue weighted by Gasteiger charge is 2.44. The quantitative estimate of drug-likeness (QED) is 0.536. The fourth-order valence-electron chi connectivity index (χ4n) is 5.17. The molecule has 3 atom stereocenters. The second-order valence-electron chi connectivity index (χ2n) is 8.00. The number of hydrogen-bond acceptors (Lipinski definition) is 4. The zero-order valence-corrected chi connectivity index (χ0v) is 17.5. The van der Waals surface area contributed by atoms with E-state index >= 15 is 0 Å². The zero-order chi connectivity index (χ0) is 20.4. The molecule has 0 spiro atoms. The predicted molar refractivity (Wildman–Crippen MR) is 116 cm³/mol. The maximum Gasteiger partial charge on any atom is 0.335 e. The molecule has 6 heteroatoms. The molecule has 0 saturated carbocycles. The summed E-state index contributed by atoms with van der Waals surface area (Å²) >= 11 is 3.73. The summed E-state index contributed by atoms with van der Waals surface area (Å²) in [5.41, 5.74) is 6.08. The smallest absolute Gasteiger partial charge is 0.335 e. The molecule has 2 heterocycles. The Balaban J connectivity index is 1.53. The molecular weight excluding hydrogens is 446 g/mol. The summed E-state index contributed by atoms with van der Waals surface area (Å²) in [4.78, 5) is 11.6. The van der Waals surface area contributed by atoms with Crippen LogP contribution < -0.4 is 14.8 Å². The molecule has 0 aromatic heterocycles. The van der Waals surface area contributed by atoms with Crippen molar-refractivity contribution in [3.63, 3.8) is 0 Å². The van der Waals surface area contributed by atoms with Gasteiger partial charge in [-0.3, -0.25) is 0 Å². The van der Waals surface area contributed by atoms with Gasteiger partial charge in [-0.15, -0.1) is 0 Å². The maximum absolute atomic E-state index is 11.6. The van der Waals surface area contributed by atoms with Crippen LogP contribution in [0.1, 0.15) is 44.6 Å². The van der Waals surface area contributed by atoms with Crippen molar-refractivity contribution in [3.8, 4) is 11.5 Å². The molecule has 3 aromatic carbocycles. The molecule has 3 aromatic rings. The number of nitrogens with one attached hydrogen (secondary N) is 1. The van der Waals surface area contributed by atoms with Gasteiger partial charge in [0.15, 0.2) is 11.5 Å². The predicted octanol–water partition coefficient (Wildman–Crippen LogP) is 5.35. The van der Waals surface area contributed by atoms with Crippen molar-refractivity contribution in [2.75, 3.05) is 12.1 Å². The number of halogens is 1. The van der Waals surface area contributed by atoms with E-state index < -0.39 is 5.97 Å². The van der Waals surface area contributed by atoms with Gasteiger partial charge in [-0.25, -0.2) is 4.79 Å². The normalized spacial score (nSPS) is 22.6. The first-order chi connectivity index (χ1) is 14.6. The van der Waals surface area contributed by atoms with Gasteiger partial charge in [0.1, 0.15) is 0 Å². The van der Waals surface area contributed by atoms with Crippen LogP contribution in [-0.2, 0) is 6.42 Å². The number of hydrogen-bond donors (Lipinski definition) is 2. The van der Waals surface area contributed by atoms with Crippen LogP contribution in [0.5, 0.6) is 11.5 Å². The van der Waals surface area contributed by atoms with Crippen LogP contribution in [0.3, 0.4) is 0 Å². The summed E-state index contributed by atoms with van der Waals surface area (Å²) in [5.74, 6) is 1.00. The minimum Gasteiger partial charge on any atom is -0.478 e. The largest absolute Gasteiger partial charge is 0.478 e. The second kappa shape index (κ2) is 6.51. The number of rotatable bonds is 2. The lowest BCUT2D eigenvalue weighted by Gasteiger charge is -2.38. The van der Waals surface area contributed by atoms with E-state index in [4.69, 9.17) is 9.47 Å². The number of ether oxygens (including phenoxy) is 2. The lowest BCUT2D eigenvalue weighted by molar-refractivity contribution is 0.0696. The lowest BCUT2D eigenvalue weighted by Crippen LogP contribution is -2.30. The Hall–Kier alpha value is -2.99. The van der Waals surface area contributed by atoms with E-state index in [0.29, 0.717) is 5.56 Å². The number of carboxylic acids is 1. The number of carbonyl (C=O) groups is 1. The van der Waals surface area contributed by atoms with Gasteiger partial charge in [-0.1, -0.05) is 40.2 Å². The summed E-state index contributed by atoms with van der Waals surface area (Å²) in [6.45, 7) is 0.238. The number of fused-ring (bicyclic) bond motifs is 6. The first-order valence-electron chi connectivity index (χ1n) is 9.91. The minimum atomic E-state index is -0.902. The molecular formula is C24H18BrNO4. The highest BCUT2D eigenvalue weighted by molar-refractivity contribution is 9.10. The van der Waals surface area contributed by atoms with Gasteiger partial charge in [0.2, 0.25) is 6.79 Å². The first kappa shape index (κ1) is 17.8. The van der Waals surface area contributed by atoms with Crippen molar-refractivity contribution in [1.29, 1.82) is 0 Å². The number of aromatic carboxylic acids is 1. The van der Waals surface area contributed by atoms with Crippen molar-refractivity contribution in [1.82, 2.24) is 0 Å². The van der Waals surface area contributed by atoms with Crippen LogP contribution in [0.2, 0.25) is 0 Å². The Bertz CT molecular complexity index is 1210. The Morgan fingerprint density at radius 3 is 2.63 bits per heavy atom. The summed E-state index contributed by atoms with van der Waals surface area (Å²) < 4.78 is 12.1. The Labute approximate surface area is 181 Å². The van der Waals surface area contributed by atoms with E-state index in [0.717, 1.165) is 39.2 Å². The molecule has 0 bridgehead atoms. The molecule has 0 unspecified atom stereocenters. The van der Waals surface area contributed by atoms with E-state index in [-0.39, 0.29) is 24.7 Å². The first-order valence-corrected chi connectivity index (χ1v) is 10.7. The van der Waals surface area contributed by atoms with Gasteiger partial charge in [0.05, 0.1) is 11.6 Å². The van der Waals surface area contributed by atoms with E-state index in [1.54, 1.807) is 6.07 Å². The summed E-state index contributed by atoms with van der Waals surface area (Å²) in [5, 5.41) is 13.2. The second-order valence-corrected chi connectivity index (χ2v) is 8.85. The van der Waals surface area contributed by atoms with E-state index in [9.17, 15) is 9.90 Å². The highest BCUT2D eigenvalue weighted by atomic mass is 79.9. The van der Waals surface area contributed by atoms with Gasteiger partial charge in [0, 0.05) is 16.1 Å². The van der Waals surface area contributed by atoms with Crippen molar-refractivity contribution < 1.29 is 19.4 Å². The average molecular weight is 464 g/mol. The van der Waals surface area contributed by atoms with E-state index in [1.165, 1.54) is 11.1 Å². The molecule has 30 heavy (non-hydrogen) atoms. The Morgan fingerprint density at radius 2 is 1.80 bits per heavy atom. The minimum absolute atomic E-state index is 0.0504. The fourth-order valence-corrected chi connectivity index (χ4v) is 5.74. The third kappa shape index (κ3) is 2.56. The third-order valence-corrected chi connectivity index (χ3v) is 7.16. The van der Waals surface area contributed by atoms with Crippen LogP contribution in [0.4, 0.5) is 5.69 Å². The molecule has 5 nitrogen and oxygen atoms in total. The Kier molecular flexibility index (Phi) is 3.87. The molecule has 150 valence electrons. The van der Waals surface area contributed by atoms with E-state index in [1.807, 2.05) is 18.2 Å². The average Bonchev–Trinajstić information content (AvgIpc) is 3.36. The molecule has 0 radical (unpaired) electrons. The number of benzene rings is 3. The van der Waals surface area contributed by atoms with Crippen LogP contribution in [0.15, 0.2) is 59.1 Å². The van der Waals surface area contributed by atoms with Crippen molar-refractivity contribution in [3.05, 3.63) is 86.9 Å². The molecule has 2 aliphatic heterocycles. The van der Waals surface area contributed by atoms with Crippen molar-refractivity contribution in [2.45, 2.75) is 18.4 Å². The Morgan fingerprint density at radius 1 is 1.00 bits per heavy atom. The van der Waals surface area contributed by atoms with Gasteiger partial charge >= 0.3 is 5.97 Å². The standard InChI is InChI=1S/C24H18BrNO4/c25-18-10-21-20(29-11-30-21)9-15(18)23-17-7-12-3-1-2-4-14(12)22(17)16-8-13(24(27)28)5-6-19(16)26-23/h1-6,8-10,17,22-23,26H,7,11H2,(H,27,28)/t17-,22+,23-/m1/s1. The molecule has 0 amide bonds. The summed E-state index contributed by atoms with van der Waals surface area (Å²) in [6.07, 6.45) is 0.927. The SMILES string of the molecule is O=C(O)c1ccc2c(c1)[C@@H]1c3ccccc3C[C@H]1[C@@H](c1cc3c(cc1Br)OCO3)N2. The number of carboxylic acid groups (broad SMARTS) is 1. The fraction of sp³-hybridized carbons (Fsp3) is 0.208. The molecule has 1 aliphatic carbocycles. The van der Waals surface area contributed by atoms with E-state index in [2.05, 4.69) is 51.6 Å². The lowest BCUT2D eigenvalue weighted by atomic mass is 9.75. The van der Waals surface area contributed by atoms with Crippen molar-refractivity contribution >= 4 is 27.6 Å². The van der Waals surface area contributed by atoms with Crippen LogP contribution in [0.25, 0.3) is 0 Å². The molecule has 0 fully saturated rings. The zero-order valence-electron chi connectivity index (χ0n) is 15.9. The summed E-state index contributed by atoms with van der Waals surface area (Å²) in [7, 11) is 0. The molecule has 2 N–H and O–H groups in total. The topological polar surface area (TPSA) is 67.8 Å². The van der Waals surface area contributed by atoms with Gasteiger partial charge < -0.3 is 19.9 Å². The van der Waals surface area contributed by atoms with Crippen LogP contribution >= 0.6 is 15.9 Å². The maximum atomic E-state index is 11.6. The molecule has 3 aliphatic rings. The van der Waals surface area contributed by atoms with Crippen molar-refractivity contribution in [2.24, 2.45) is 5.92 Å². The third-order valence-electron chi connectivity index (χ3n) is 6.47. The molecule has 0 saturated heterocycles. The van der Waals surface area contributed by atoms with Gasteiger partial charge in [0.25, 0.3) is 0 Å². The van der Waals surface area contributed by atoms with Gasteiger partial charge in [-0.05, 0) is 64.9 Å². The molecule has 6 rings (SSSR count). The van der Waals surface area contributed by atoms with Crippen LogP contribution in [-0.4, -0.2) is 17.9 Å².